The molecular formula is C36H72O. The summed E-state index contributed by atoms with van der Waals surface area (Å²) in [7, 11) is 0. The Bertz CT molecular complexity index is 415. The Hall–Kier alpha value is -0.330. The summed E-state index contributed by atoms with van der Waals surface area (Å²) in [5.74, 6) is 0.527. The highest BCUT2D eigenvalue weighted by molar-refractivity contribution is 5.78. The summed E-state index contributed by atoms with van der Waals surface area (Å²) in [5, 5.41) is 0. The number of hydrogen-bond donors (Lipinski definition) is 0. The van der Waals surface area contributed by atoms with Gasteiger partial charge in [-0.1, -0.05) is 200 Å². The Kier molecular flexibility index (Phi) is 33.4. The highest BCUT2D eigenvalue weighted by Crippen LogP contribution is 2.16. The molecule has 0 bridgehead atoms. The number of unbranched alkanes of at least 4 members (excludes halogenated alkanes) is 29. The molecule has 0 rings (SSSR count). The molecule has 0 saturated heterocycles. The maximum absolute atomic E-state index is 12.1. The lowest BCUT2D eigenvalue weighted by atomic mass is 10.0. The van der Waals surface area contributed by atoms with Gasteiger partial charge in [0.15, 0.2) is 0 Å². The molecule has 0 aromatic heterocycles. The first-order chi connectivity index (χ1) is 18.3. The van der Waals surface area contributed by atoms with E-state index < -0.39 is 0 Å². The van der Waals surface area contributed by atoms with Crippen molar-refractivity contribution < 1.29 is 4.79 Å². The molecule has 0 aliphatic rings. The van der Waals surface area contributed by atoms with Crippen molar-refractivity contribution in [2.24, 2.45) is 0 Å². The van der Waals surface area contributed by atoms with Gasteiger partial charge in [-0.05, 0) is 12.8 Å². The van der Waals surface area contributed by atoms with E-state index in [-0.39, 0.29) is 0 Å². The standard InChI is InChI=1S/C36H72O/c1-3-5-7-9-11-13-15-17-18-19-20-21-23-25-27-29-31-33-35-36(37)34-32-30-28-26-24-22-16-14-12-10-8-6-4-2/h3-35H2,1-2H3. The van der Waals surface area contributed by atoms with Crippen molar-refractivity contribution >= 4 is 5.78 Å². The predicted octanol–water partition coefficient (Wildman–Crippen LogP) is 13.5. The lowest BCUT2D eigenvalue weighted by molar-refractivity contribution is -0.119. The second-order valence-electron chi connectivity index (χ2n) is 12.3. The van der Waals surface area contributed by atoms with Crippen LogP contribution in [0.5, 0.6) is 0 Å². The molecule has 222 valence electrons. The van der Waals surface area contributed by atoms with E-state index in [1.807, 2.05) is 0 Å². The molecule has 37 heavy (non-hydrogen) atoms. The minimum absolute atomic E-state index is 0.527. The van der Waals surface area contributed by atoms with Crippen LogP contribution in [0.15, 0.2) is 0 Å². The van der Waals surface area contributed by atoms with Crippen LogP contribution in [0.25, 0.3) is 0 Å². The molecule has 0 N–H and O–H groups in total. The van der Waals surface area contributed by atoms with Gasteiger partial charge in [0, 0.05) is 12.8 Å². The fourth-order valence-electron chi connectivity index (χ4n) is 5.69. The summed E-state index contributed by atoms with van der Waals surface area (Å²) >= 11 is 0. The normalized spacial score (nSPS) is 11.4. The summed E-state index contributed by atoms with van der Waals surface area (Å²) in [6, 6.07) is 0. The maximum atomic E-state index is 12.1. The predicted molar refractivity (Wildman–Crippen MR) is 169 cm³/mol. The van der Waals surface area contributed by atoms with Crippen molar-refractivity contribution in [1.82, 2.24) is 0 Å². The second-order valence-corrected chi connectivity index (χ2v) is 12.3. The van der Waals surface area contributed by atoms with Gasteiger partial charge in [-0.15, -0.1) is 0 Å². The van der Waals surface area contributed by atoms with Crippen LogP contribution in [0.4, 0.5) is 0 Å². The summed E-state index contributed by atoms with van der Waals surface area (Å²) < 4.78 is 0. The zero-order chi connectivity index (χ0) is 26.9. The highest BCUT2D eigenvalue weighted by atomic mass is 16.1. The van der Waals surface area contributed by atoms with Gasteiger partial charge in [0.2, 0.25) is 0 Å². The van der Waals surface area contributed by atoms with Crippen molar-refractivity contribution in [3.63, 3.8) is 0 Å². The van der Waals surface area contributed by atoms with E-state index in [1.54, 1.807) is 0 Å². The molecule has 1 nitrogen and oxygen atoms in total. The van der Waals surface area contributed by atoms with Crippen LogP contribution in [0.1, 0.15) is 226 Å². The van der Waals surface area contributed by atoms with Crippen molar-refractivity contribution in [2.75, 3.05) is 0 Å². The Morgan fingerprint density at radius 1 is 0.270 bits per heavy atom. The van der Waals surface area contributed by atoms with E-state index in [2.05, 4.69) is 13.8 Å². The molecule has 0 unspecified atom stereocenters. The Labute approximate surface area is 236 Å². The quantitative estimate of drug-likeness (QED) is 0.0786. The topological polar surface area (TPSA) is 17.1 Å². The Morgan fingerprint density at radius 2 is 0.432 bits per heavy atom. The Balaban J connectivity index is 3.13. The fraction of sp³-hybridized carbons (Fsp3) is 0.972. The molecule has 1 heteroatoms. The SMILES string of the molecule is CCCCCCCCCCCCCCCCCCCCC(=O)CCCCCCCCCCCCCCC. The van der Waals surface area contributed by atoms with Crippen LogP contribution < -0.4 is 0 Å². The second kappa shape index (κ2) is 33.7. The third-order valence-electron chi connectivity index (χ3n) is 8.37. The van der Waals surface area contributed by atoms with E-state index in [0.29, 0.717) is 5.78 Å². The number of rotatable bonds is 33. The minimum atomic E-state index is 0.527. The first kappa shape index (κ1) is 36.7. The molecule has 0 aromatic carbocycles. The van der Waals surface area contributed by atoms with Crippen molar-refractivity contribution in [3.8, 4) is 0 Å². The van der Waals surface area contributed by atoms with Gasteiger partial charge >= 0.3 is 0 Å². The Morgan fingerprint density at radius 3 is 0.622 bits per heavy atom. The van der Waals surface area contributed by atoms with Crippen LogP contribution in [0.3, 0.4) is 0 Å². The lowest BCUT2D eigenvalue weighted by Gasteiger charge is -2.04. The fourth-order valence-corrected chi connectivity index (χ4v) is 5.69. The number of hydrogen-bond acceptors (Lipinski definition) is 1. The minimum Gasteiger partial charge on any atom is -0.300 e. The maximum Gasteiger partial charge on any atom is 0.132 e. The van der Waals surface area contributed by atoms with Gasteiger partial charge in [0.25, 0.3) is 0 Å². The van der Waals surface area contributed by atoms with Crippen molar-refractivity contribution in [3.05, 3.63) is 0 Å². The third kappa shape index (κ3) is 33.6. The molecule has 0 amide bonds. The third-order valence-corrected chi connectivity index (χ3v) is 8.37. The van der Waals surface area contributed by atoms with Crippen molar-refractivity contribution in [2.45, 2.75) is 226 Å². The summed E-state index contributed by atoms with van der Waals surface area (Å²) in [4.78, 5) is 12.1. The molecule has 0 aromatic rings. The van der Waals surface area contributed by atoms with E-state index >= 15 is 0 Å². The molecule has 0 radical (unpaired) electrons. The molecule has 0 aliphatic heterocycles. The summed E-state index contributed by atoms with van der Waals surface area (Å²) in [5.41, 5.74) is 0. The van der Waals surface area contributed by atoms with Crippen LogP contribution >= 0.6 is 0 Å². The average molecular weight is 521 g/mol. The zero-order valence-electron chi connectivity index (χ0n) is 26.2. The molecule has 0 saturated carbocycles. The van der Waals surface area contributed by atoms with Crippen molar-refractivity contribution in [1.29, 1.82) is 0 Å². The lowest BCUT2D eigenvalue weighted by Crippen LogP contribution is -1.97. The number of Topliss-reactive ketones (excluding diaryl/α,β-unsaturated/α-hetero) is 1. The number of carbonyl (C=O) groups excluding carboxylic acids is 1. The summed E-state index contributed by atoms with van der Waals surface area (Å²) in [6.45, 7) is 4.59. The molecular weight excluding hydrogens is 448 g/mol. The van der Waals surface area contributed by atoms with Gasteiger partial charge in [0.1, 0.15) is 5.78 Å². The average Bonchev–Trinajstić information content (AvgIpc) is 2.90. The van der Waals surface area contributed by atoms with Gasteiger partial charge < -0.3 is 0 Å². The van der Waals surface area contributed by atoms with E-state index in [4.69, 9.17) is 0 Å². The van der Waals surface area contributed by atoms with Gasteiger partial charge in [-0.3, -0.25) is 4.79 Å². The largest absolute Gasteiger partial charge is 0.300 e. The van der Waals surface area contributed by atoms with Gasteiger partial charge in [0.05, 0.1) is 0 Å². The van der Waals surface area contributed by atoms with Gasteiger partial charge in [-0.25, -0.2) is 0 Å². The number of ketones is 1. The first-order valence-corrected chi connectivity index (χ1v) is 17.8. The molecule has 0 aliphatic carbocycles. The van der Waals surface area contributed by atoms with Crippen LogP contribution in [0.2, 0.25) is 0 Å². The van der Waals surface area contributed by atoms with Crippen LogP contribution in [-0.4, -0.2) is 5.78 Å². The highest BCUT2D eigenvalue weighted by Gasteiger charge is 2.02. The van der Waals surface area contributed by atoms with Crippen LogP contribution in [0, 0.1) is 0 Å². The van der Waals surface area contributed by atoms with E-state index in [0.717, 1.165) is 25.7 Å². The molecule has 0 atom stereocenters. The molecule has 0 spiro atoms. The summed E-state index contributed by atoms with van der Waals surface area (Å²) in [6.07, 6.45) is 44.9. The zero-order valence-corrected chi connectivity index (χ0v) is 26.2. The molecule has 0 fully saturated rings. The van der Waals surface area contributed by atoms with E-state index in [9.17, 15) is 4.79 Å². The monoisotopic (exact) mass is 521 g/mol. The van der Waals surface area contributed by atoms with Gasteiger partial charge in [-0.2, -0.15) is 0 Å². The van der Waals surface area contributed by atoms with E-state index in [1.165, 1.54) is 186 Å². The smallest absolute Gasteiger partial charge is 0.132 e. The number of carbonyl (C=O) groups is 1. The molecule has 0 heterocycles. The van der Waals surface area contributed by atoms with Crippen LogP contribution in [-0.2, 0) is 4.79 Å². The first-order valence-electron chi connectivity index (χ1n) is 17.8.